The number of nitriles is 1. The first kappa shape index (κ1) is 38.8. The zero-order valence-electron chi connectivity index (χ0n) is 32.2. The summed E-state index contributed by atoms with van der Waals surface area (Å²) in [6, 6.07) is 12.5. The number of ether oxygens (including phenoxy) is 1. The molecule has 5 aliphatic heterocycles. The molecule has 59 heavy (non-hydrogen) atoms. The lowest BCUT2D eigenvalue weighted by Gasteiger charge is -2.38. The van der Waals surface area contributed by atoms with Crippen LogP contribution in [0.3, 0.4) is 0 Å². The number of carbonyl (C=O) groups is 5. The van der Waals surface area contributed by atoms with Crippen molar-refractivity contribution in [3.63, 3.8) is 0 Å². The number of fused-ring (bicyclic) bond motifs is 2. The Morgan fingerprint density at radius 3 is 2.22 bits per heavy atom. The van der Waals surface area contributed by atoms with Crippen molar-refractivity contribution in [2.75, 3.05) is 49.1 Å². The molecular formula is C42H43ClFN9O6. The van der Waals surface area contributed by atoms with Crippen molar-refractivity contribution in [1.82, 2.24) is 30.6 Å². The smallest absolute Gasteiger partial charge is 0.272 e. The van der Waals surface area contributed by atoms with E-state index in [1.54, 1.807) is 24.3 Å². The van der Waals surface area contributed by atoms with Gasteiger partial charge in [-0.2, -0.15) is 5.26 Å². The molecule has 3 unspecified atom stereocenters. The van der Waals surface area contributed by atoms with Crippen molar-refractivity contribution >= 4 is 52.6 Å². The molecule has 2 N–H and O–H groups in total. The summed E-state index contributed by atoms with van der Waals surface area (Å²) >= 11 is 6.15. The summed E-state index contributed by atoms with van der Waals surface area (Å²) in [7, 11) is 0. The first-order valence-corrected chi connectivity index (χ1v) is 20.7. The molecule has 6 aliphatic rings. The number of benzene rings is 2. The van der Waals surface area contributed by atoms with Crippen LogP contribution in [0.2, 0.25) is 5.02 Å². The zero-order chi connectivity index (χ0) is 40.9. The molecule has 306 valence electrons. The highest BCUT2D eigenvalue weighted by atomic mass is 35.5. The maximum Gasteiger partial charge on any atom is 0.272 e. The molecule has 1 aromatic heterocycles. The molecule has 2 aromatic carbocycles. The number of hydrogen-bond donors (Lipinski definition) is 2. The number of anilines is 2. The average molecular weight is 824 g/mol. The van der Waals surface area contributed by atoms with Gasteiger partial charge >= 0.3 is 0 Å². The molecule has 1 saturated carbocycles. The maximum atomic E-state index is 15.5. The lowest BCUT2D eigenvalue weighted by atomic mass is 9.93. The van der Waals surface area contributed by atoms with Crippen LogP contribution < -0.4 is 25.2 Å². The number of amides is 5. The second-order valence-electron chi connectivity index (χ2n) is 16.5. The Hall–Kier alpha value is -5.66. The van der Waals surface area contributed by atoms with E-state index in [0.29, 0.717) is 47.3 Å². The van der Waals surface area contributed by atoms with Crippen LogP contribution >= 0.6 is 11.6 Å². The average Bonchev–Trinajstić information content (AvgIpc) is 3.89. The second kappa shape index (κ2) is 15.8. The number of piperidine rings is 2. The summed E-state index contributed by atoms with van der Waals surface area (Å²) in [5, 5.41) is 23.5. The minimum absolute atomic E-state index is 0.00594. The number of aromatic nitrogens is 2. The number of hydrogen-bond acceptors (Lipinski definition) is 12. The van der Waals surface area contributed by atoms with Gasteiger partial charge < -0.3 is 19.9 Å². The topological polar surface area (TPSA) is 181 Å². The van der Waals surface area contributed by atoms with E-state index >= 15 is 4.39 Å². The second-order valence-corrected chi connectivity index (χ2v) is 16.9. The first-order chi connectivity index (χ1) is 28.5. The van der Waals surface area contributed by atoms with E-state index in [2.05, 4.69) is 30.6 Å². The Kier molecular flexibility index (Phi) is 10.4. The van der Waals surface area contributed by atoms with Gasteiger partial charge in [-0.1, -0.05) is 11.6 Å². The van der Waals surface area contributed by atoms with Crippen LogP contribution in [0.4, 0.5) is 15.9 Å². The number of nitrogens with one attached hydrogen (secondary N) is 2. The molecule has 0 bridgehead atoms. The molecule has 4 saturated heterocycles. The molecule has 3 aromatic rings. The molecule has 5 fully saturated rings. The van der Waals surface area contributed by atoms with E-state index in [9.17, 15) is 24.0 Å². The summed E-state index contributed by atoms with van der Waals surface area (Å²) in [5.41, 5.74) is 0.974. The van der Waals surface area contributed by atoms with Crippen LogP contribution in [-0.2, 0) is 9.59 Å². The van der Waals surface area contributed by atoms with Gasteiger partial charge in [0.1, 0.15) is 23.7 Å². The van der Waals surface area contributed by atoms with Gasteiger partial charge in [0.2, 0.25) is 11.8 Å². The van der Waals surface area contributed by atoms with Gasteiger partial charge in [-0.05, 0) is 93.2 Å². The number of imide groups is 2. The van der Waals surface area contributed by atoms with Crippen molar-refractivity contribution in [2.24, 2.45) is 11.8 Å². The maximum absolute atomic E-state index is 15.5. The monoisotopic (exact) mass is 823 g/mol. The third-order valence-corrected chi connectivity index (χ3v) is 13.2. The van der Waals surface area contributed by atoms with Crippen molar-refractivity contribution in [2.45, 2.75) is 75.6 Å². The summed E-state index contributed by atoms with van der Waals surface area (Å²) in [6.45, 7) is 4.80. The van der Waals surface area contributed by atoms with Gasteiger partial charge in [0.25, 0.3) is 17.7 Å². The number of halogens is 2. The molecule has 9 rings (SSSR count). The lowest BCUT2D eigenvalue weighted by molar-refractivity contribution is -0.136. The van der Waals surface area contributed by atoms with E-state index in [-0.39, 0.29) is 53.4 Å². The zero-order valence-corrected chi connectivity index (χ0v) is 33.0. The summed E-state index contributed by atoms with van der Waals surface area (Å²) < 4.78 is 21.6. The van der Waals surface area contributed by atoms with Crippen molar-refractivity contribution < 1.29 is 33.1 Å². The van der Waals surface area contributed by atoms with Crippen LogP contribution in [0.5, 0.6) is 5.75 Å². The van der Waals surface area contributed by atoms with Gasteiger partial charge in [0.15, 0.2) is 11.5 Å². The van der Waals surface area contributed by atoms with Gasteiger partial charge in [-0.3, -0.25) is 39.1 Å². The van der Waals surface area contributed by atoms with Gasteiger partial charge in [0.05, 0.1) is 33.5 Å². The predicted molar refractivity (Wildman–Crippen MR) is 211 cm³/mol. The van der Waals surface area contributed by atoms with Crippen LogP contribution in [0.25, 0.3) is 0 Å². The third-order valence-electron chi connectivity index (χ3n) is 12.9. The van der Waals surface area contributed by atoms with E-state index in [1.807, 2.05) is 17.0 Å². The molecule has 1 aliphatic carbocycles. The Labute approximate surface area is 344 Å². The van der Waals surface area contributed by atoms with Crippen LogP contribution in [0.15, 0.2) is 42.5 Å². The lowest BCUT2D eigenvalue weighted by Crippen LogP contribution is -2.54. The Balaban J connectivity index is 0.728. The molecule has 6 heterocycles. The fourth-order valence-electron chi connectivity index (χ4n) is 9.76. The minimum atomic E-state index is -1.10. The fourth-order valence-corrected chi connectivity index (χ4v) is 9.97. The minimum Gasteiger partial charge on any atom is -0.490 e. The van der Waals surface area contributed by atoms with Gasteiger partial charge in [-0.15, -0.1) is 10.2 Å². The highest BCUT2D eigenvalue weighted by Gasteiger charge is 2.46. The molecule has 17 heteroatoms. The predicted octanol–water partition coefficient (Wildman–Crippen LogP) is 3.70. The SMILES string of the molecule is N#Cc1ccc(OC2CCC(NC(=O)c3ccc(N4CC5CN(C6CCN(c7cc8c(cc7F)C(=O)N(C7CCC(=O)NC7=O)C8=O)CC6)CC5C4)nn3)CC2)cc1Cl. The fraction of sp³-hybridized carbons (Fsp3) is 0.476. The standard InChI is InChI=1S/C42H43ClFN9O6/c43-32-15-29(4-1-23(32)18-45)59-28-5-2-26(3-6-28)46-39(55)34-7-9-37(49-48-34)52-21-24-19-51(20-25(24)22-52)27-11-13-50(14-12-27)36-17-31-30(16-33(36)44)41(57)53(42(31)58)35-8-10-38(54)47-40(35)56/h1,4,7,9,15-17,24-28,35H,2-3,5-6,8,10-14,19-22H2,(H,46,55)(H,47,54,56). The quantitative estimate of drug-likeness (QED) is 0.315. The molecule has 5 amide bonds. The molecule has 3 atom stereocenters. The number of nitrogens with zero attached hydrogens (tertiary/aromatic N) is 7. The largest absolute Gasteiger partial charge is 0.490 e. The van der Waals surface area contributed by atoms with E-state index in [1.165, 1.54) is 6.07 Å². The third kappa shape index (κ3) is 7.57. The number of carbonyl (C=O) groups excluding carboxylic acids is 5. The van der Waals surface area contributed by atoms with Gasteiger partial charge in [0, 0.05) is 63.8 Å². The summed E-state index contributed by atoms with van der Waals surface area (Å²) in [6.07, 6.45) is 4.81. The van der Waals surface area contributed by atoms with Crippen molar-refractivity contribution in [3.8, 4) is 11.8 Å². The van der Waals surface area contributed by atoms with Crippen LogP contribution in [0.1, 0.15) is 88.1 Å². The highest BCUT2D eigenvalue weighted by molar-refractivity contribution is 6.31. The van der Waals surface area contributed by atoms with Gasteiger partial charge in [-0.25, -0.2) is 4.39 Å². The molecule has 15 nitrogen and oxygen atoms in total. The van der Waals surface area contributed by atoms with Crippen LogP contribution in [0, 0.1) is 29.0 Å². The van der Waals surface area contributed by atoms with Crippen LogP contribution in [-0.4, -0.2) is 113 Å². The normalized spacial score (nSPS) is 26.1. The van der Waals surface area contributed by atoms with Crippen molar-refractivity contribution in [1.29, 1.82) is 5.26 Å². The highest BCUT2D eigenvalue weighted by Crippen LogP contribution is 2.38. The molecular weight excluding hydrogens is 781 g/mol. The van der Waals surface area contributed by atoms with E-state index in [4.69, 9.17) is 21.6 Å². The summed E-state index contributed by atoms with van der Waals surface area (Å²) in [4.78, 5) is 71.2. The number of likely N-dealkylation sites (tertiary alicyclic amines) is 1. The Morgan fingerprint density at radius 1 is 0.864 bits per heavy atom. The Bertz CT molecular complexity index is 2240. The first-order valence-electron chi connectivity index (χ1n) is 20.3. The van der Waals surface area contributed by atoms with E-state index < -0.39 is 35.5 Å². The molecule has 0 spiro atoms. The Morgan fingerprint density at radius 2 is 1.58 bits per heavy atom. The summed E-state index contributed by atoms with van der Waals surface area (Å²) in [5.74, 6) is -1.03. The number of rotatable bonds is 8. The van der Waals surface area contributed by atoms with Crippen molar-refractivity contribution in [3.05, 3.63) is 75.7 Å². The van der Waals surface area contributed by atoms with E-state index in [0.717, 1.165) is 81.5 Å². The molecule has 0 radical (unpaired) electrons.